The molecule has 7 nitrogen and oxygen atoms in total. The fraction of sp³-hybridized carbons (Fsp3) is 0.280. The zero-order valence-electron chi connectivity index (χ0n) is 18.8. The van der Waals surface area contributed by atoms with Gasteiger partial charge in [-0.05, 0) is 41.4 Å². The van der Waals surface area contributed by atoms with E-state index in [1.54, 1.807) is 15.7 Å². The van der Waals surface area contributed by atoms with Crippen molar-refractivity contribution in [1.82, 2.24) is 10.1 Å². The van der Waals surface area contributed by atoms with Crippen LogP contribution >= 0.6 is 11.8 Å². The van der Waals surface area contributed by atoms with Crippen molar-refractivity contribution in [2.24, 2.45) is 0 Å². The minimum atomic E-state index is -0.632. The zero-order chi connectivity index (χ0) is 23.4. The Balaban J connectivity index is 1.93. The maximum atomic E-state index is 13.3. The van der Waals surface area contributed by atoms with Crippen molar-refractivity contribution >= 4 is 23.4 Å². The zero-order valence-corrected chi connectivity index (χ0v) is 19.6. The summed E-state index contributed by atoms with van der Waals surface area (Å²) in [6.07, 6.45) is 3.12. The van der Waals surface area contributed by atoms with Crippen molar-refractivity contribution in [3.8, 4) is 17.0 Å². The molecule has 3 aromatic rings. The van der Waals surface area contributed by atoms with Crippen LogP contribution in [0.5, 0.6) is 5.75 Å². The SMILES string of the molecule is C=CCOc1cccc(C2N(C(C)=O)c3ccccc3-c3c(=O)[nH]c(SCCCC)n[n+]32)c1. The number of carbonyl (C=O) groups is 1. The van der Waals surface area contributed by atoms with Crippen molar-refractivity contribution < 1.29 is 14.2 Å². The Hall–Kier alpha value is -3.39. The molecule has 0 aliphatic carbocycles. The van der Waals surface area contributed by atoms with Gasteiger partial charge in [0, 0.05) is 23.3 Å². The number of benzene rings is 2. The lowest BCUT2D eigenvalue weighted by molar-refractivity contribution is -0.763. The van der Waals surface area contributed by atoms with Crippen LogP contribution < -0.4 is 19.9 Å². The number of ether oxygens (including phenoxy) is 1. The Morgan fingerprint density at radius 2 is 2.12 bits per heavy atom. The number of fused-ring (bicyclic) bond motifs is 3. The van der Waals surface area contributed by atoms with Crippen LogP contribution in [0, 0.1) is 0 Å². The van der Waals surface area contributed by atoms with Crippen LogP contribution in [-0.4, -0.2) is 28.3 Å². The quantitative estimate of drug-likeness (QED) is 0.236. The van der Waals surface area contributed by atoms with Gasteiger partial charge in [0.2, 0.25) is 11.1 Å². The Morgan fingerprint density at radius 3 is 2.88 bits per heavy atom. The van der Waals surface area contributed by atoms with Gasteiger partial charge in [0.05, 0.1) is 11.3 Å². The highest BCUT2D eigenvalue weighted by Gasteiger charge is 2.44. The molecule has 1 unspecified atom stereocenters. The molecule has 33 heavy (non-hydrogen) atoms. The first-order valence-electron chi connectivity index (χ1n) is 11.0. The third-order valence-corrected chi connectivity index (χ3v) is 6.31. The van der Waals surface area contributed by atoms with Gasteiger partial charge in [0.25, 0.3) is 6.17 Å². The number of para-hydroxylation sites is 1. The van der Waals surface area contributed by atoms with E-state index >= 15 is 0 Å². The van der Waals surface area contributed by atoms with Gasteiger partial charge in [-0.2, -0.15) is 0 Å². The molecule has 0 spiro atoms. The Morgan fingerprint density at radius 1 is 1.30 bits per heavy atom. The number of hydrogen-bond donors (Lipinski definition) is 1. The third kappa shape index (κ3) is 4.57. The summed E-state index contributed by atoms with van der Waals surface area (Å²) in [6, 6.07) is 14.9. The maximum absolute atomic E-state index is 13.3. The van der Waals surface area contributed by atoms with Crippen LogP contribution in [0.3, 0.4) is 0 Å². The molecule has 0 saturated carbocycles. The van der Waals surface area contributed by atoms with E-state index in [1.807, 2.05) is 48.5 Å². The summed E-state index contributed by atoms with van der Waals surface area (Å²) in [6.45, 7) is 7.71. The van der Waals surface area contributed by atoms with E-state index < -0.39 is 6.17 Å². The van der Waals surface area contributed by atoms with Crippen LogP contribution in [0.2, 0.25) is 0 Å². The monoisotopic (exact) mass is 463 g/mol. The molecule has 0 bridgehead atoms. The second-order valence-corrected chi connectivity index (χ2v) is 8.79. The van der Waals surface area contributed by atoms with Crippen LogP contribution in [0.4, 0.5) is 5.69 Å². The minimum absolute atomic E-state index is 0.148. The molecule has 1 aromatic heterocycles. The molecule has 1 atom stereocenters. The van der Waals surface area contributed by atoms with E-state index in [1.165, 1.54) is 18.7 Å². The molecule has 0 saturated heterocycles. The molecular weight excluding hydrogens is 436 g/mol. The van der Waals surface area contributed by atoms with Gasteiger partial charge in [-0.15, -0.1) is 0 Å². The number of rotatable bonds is 8. The molecular formula is C25H27N4O3S+. The minimum Gasteiger partial charge on any atom is -0.490 e. The van der Waals surface area contributed by atoms with Crippen molar-refractivity contribution in [2.45, 2.75) is 38.0 Å². The summed E-state index contributed by atoms with van der Waals surface area (Å²) in [5.41, 5.74) is 2.32. The second kappa shape index (κ2) is 10.0. The van der Waals surface area contributed by atoms with Gasteiger partial charge in [-0.25, -0.2) is 4.90 Å². The molecule has 1 aliphatic rings. The number of H-pyrrole nitrogens is 1. The van der Waals surface area contributed by atoms with Gasteiger partial charge in [0.1, 0.15) is 12.4 Å². The van der Waals surface area contributed by atoms with E-state index in [4.69, 9.17) is 9.84 Å². The van der Waals surface area contributed by atoms with Crippen molar-refractivity contribution in [2.75, 3.05) is 17.3 Å². The molecule has 1 aliphatic heterocycles. The molecule has 1 amide bonds. The lowest BCUT2D eigenvalue weighted by atomic mass is 10.0. The topological polar surface area (TPSA) is 79.2 Å². The fourth-order valence-electron chi connectivity index (χ4n) is 3.91. The van der Waals surface area contributed by atoms with Crippen LogP contribution in [-0.2, 0) is 4.79 Å². The molecule has 4 rings (SSSR count). The Kier molecular flexibility index (Phi) is 6.93. The van der Waals surface area contributed by atoms with Crippen LogP contribution in [0.1, 0.15) is 38.4 Å². The number of anilines is 1. The molecule has 2 aromatic carbocycles. The molecule has 2 heterocycles. The lowest BCUT2D eigenvalue weighted by Crippen LogP contribution is -2.60. The number of nitrogens with one attached hydrogen (secondary N) is 1. The first-order valence-corrected chi connectivity index (χ1v) is 12.0. The first-order chi connectivity index (χ1) is 16.0. The molecule has 170 valence electrons. The number of thioether (sulfide) groups is 1. The number of amides is 1. The highest BCUT2D eigenvalue weighted by atomic mass is 32.2. The molecule has 1 N–H and O–H groups in total. The summed E-state index contributed by atoms with van der Waals surface area (Å²) in [7, 11) is 0. The first kappa shape index (κ1) is 22.8. The van der Waals surface area contributed by atoms with Gasteiger partial charge in [-0.1, -0.05) is 56.0 Å². The van der Waals surface area contributed by atoms with Crippen molar-refractivity contribution in [1.29, 1.82) is 0 Å². The summed E-state index contributed by atoms with van der Waals surface area (Å²) in [5, 5.41) is 5.33. The number of aromatic nitrogens is 3. The van der Waals surface area contributed by atoms with Gasteiger partial charge in [0.15, 0.2) is 0 Å². The Labute approximate surface area is 197 Å². The average Bonchev–Trinajstić information content (AvgIpc) is 2.81. The van der Waals surface area contributed by atoms with Gasteiger partial charge >= 0.3 is 11.3 Å². The molecule has 8 heteroatoms. The number of nitrogens with zero attached hydrogens (tertiary/aromatic N) is 3. The normalized spacial score (nSPS) is 14.4. The van der Waals surface area contributed by atoms with Crippen LogP contribution in [0.15, 0.2) is 71.1 Å². The van der Waals surface area contributed by atoms with E-state index in [-0.39, 0.29) is 11.5 Å². The molecule has 0 fully saturated rings. The molecule has 0 radical (unpaired) electrons. The lowest BCUT2D eigenvalue weighted by Gasteiger charge is -2.31. The standard InChI is InChI=1S/C25H26N4O3S/c1-4-6-15-33-25-26-23(31)22-20-12-7-8-13-21(20)28(17(3)30)24(29(22)27-25)18-10-9-11-19(16-18)32-14-5-2/h5,7-13,16,24H,2,4,6,14-15H2,1,3H3/p+1. The highest BCUT2D eigenvalue weighted by Crippen LogP contribution is 2.37. The predicted molar refractivity (Wildman–Crippen MR) is 130 cm³/mol. The fourth-order valence-corrected chi connectivity index (χ4v) is 4.85. The van der Waals surface area contributed by atoms with Crippen molar-refractivity contribution in [3.05, 3.63) is 77.1 Å². The number of hydrogen-bond acceptors (Lipinski definition) is 5. The van der Waals surface area contributed by atoms with E-state index in [0.29, 0.717) is 34.5 Å². The number of carbonyl (C=O) groups excluding carboxylic acids is 1. The van der Waals surface area contributed by atoms with Gasteiger partial charge in [-0.3, -0.25) is 14.6 Å². The third-order valence-electron chi connectivity index (χ3n) is 5.36. The Bertz CT molecular complexity index is 1240. The van der Waals surface area contributed by atoms with Gasteiger partial charge < -0.3 is 4.74 Å². The summed E-state index contributed by atoms with van der Waals surface area (Å²) < 4.78 is 7.40. The smallest absolute Gasteiger partial charge is 0.325 e. The van der Waals surface area contributed by atoms with E-state index in [9.17, 15) is 9.59 Å². The van der Waals surface area contributed by atoms with E-state index in [2.05, 4.69) is 18.5 Å². The van der Waals surface area contributed by atoms with Crippen LogP contribution in [0.25, 0.3) is 11.3 Å². The average molecular weight is 464 g/mol. The highest BCUT2D eigenvalue weighted by molar-refractivity contribution is 7.99. The number of unbranched alkanes of at least 4 members (excludes halogenated alkanes) is 1. The summed E-state index contributed by atoms with van der Waals surface area (Å²) >= 11 is 1.51. The summed E-state index contributed by atoms with van der Waals surface area (Å²) in [4.78, 5) is 30.8. The maximum Gasteiger partial charge on any atom is 0.325 e. The largest absolute Gasteiger partial charge is 0.490 e. The second-order valence-electron chi connectivity index (χ2n) is 7.71. The summed E-state index contributed by atoms with van der Waals surface area (Å²) in [5.74, 6) is 1.35. The number of aromatic amines is 1. The predicted octanol–water partition coefficient (Wildman–Crippen LogP) is 4.09. The van der Waals surface area contributed by atoms with Crippen molar-refractivity contribution in [3.63, 3.8) is 0 Å². The van der Waals surface area contributed by atoms with E-state index in [0.717, 1.165) is 24.2 Å².